The molecule has 0 spiro atoms. The van der Waals surface area contributed by atoms with Crippen molar-refractivity contribution in [3.05, 3.63) is 0 Å². The molecule has 63 nitrogen and oxygen atoms in total. The van der Waals surface area contributed by atoms with E-state index in [1.807, 2.05) is 5.32 Å². The number of amides is 4. The highest BCUT2D eigenvalue weighted by molar-refractivity contribution is 5.78. The van der Waals surface area contributed by atoms with Crippen LogP contribution in [0.25, 0.3) is 0 Å². The molecule has 56 atom stereocenters. The summed E-state index contributed by atoms with van der Waals surface area (Å²) in [7, 11) is 0. The molecule has 810 valence electrons. The monoisotopic (exact) mass is 2050 g/mol. The second-order valence-electron chi connectivity index (χ2n) is 35.3. The summed E-state index contributed by atoms with van der Waals surface area (Å²) < 4.78 is 124. The van der Waals surface area contributed by atoms with Gasteiger partial charge in [0.25, 0.3) is 5.79 Å². The minimum atomic E-state index is -3.45. The van der Waals surface area contributed by atoms with Gasteiger partial charge in [0, 0.05) is 27.2 Å². The summed E-state index contributed by atoms with van der Waals surface area (Å²) in [5, 5.41) is 378. The summed E-state index contributed by atoms with van der Waals surface area (Å²) in [6, 6.07) is -8.10. The van der Waals surface area contributed by atoms with Gasteiger partial charge in [-0.1, -0.05) is 0 Å². The molecule has 11 fully saturated rings. The molecule has 11 aliphatic heterocycles. The van der Waals surface area contributed by atoms with Crippen LogP contribution in [0, 0.1) is 0 Å². The van der Waals surface area contributed by atoms with Crippen LogP contribution in [-0.2, 0) is 123 Å². The number of nitrogens with one attached hydrogen (secondary N) is 4. The smallest absolute Gasteiger partial charge is 0.364 e. The Morgan fingerprint density at radius 2 is 0.671 bits per heavy atom. The molecule has 0 aromatic rings. The lowest BCUT2D eigenvalue weighted by atomic mass is 9.88. The van der Waals surface area contributed by atoms with E-state index < -0.39 is 452 Å². The summed E-state index contributed by atoms with van der Waals surface area (Å²) in [4.78, 5) is 65.3. The van der Waals surface area contributed by atoms with Crippen molar-refractivity contribution in [2.45, 2.75) is 377 Å². The quantitative estimate of drug-likeness (QED) is 0.0273. The number of carboxylic acids is 1. The summed E-state index contributed by atoms with van der Waals surface area (Å²) in [6.45, 7) is -9.31. The van der Waals surface area contributed by atoms with Gasteiger partial charge in [0.1, 0.15) is 263 Å². The molecule has 63 heteroatoms. The average molecular weight is 2050 g/mol. The van der Waals surface area contributed by atoms with Gasteiger partial charge in [-0.05, 0) is 6.92 Å². The first-order valence-corrected chi connectivity index (χ1v) is 44.3. The van der Waals surface area contributed by atoms with E-state index in [-0.39, 0.29) is 0 Å². The van der Waals surface area contributed by atoms with Gasteiger partial charge in [-0.3, -0.25) is 19.2 Å². The zero-order chi connectivity index (χ0) is 103. The van der Waals surface area contributed by atoms with Crippen molar-refractivity contribution in [2.75, 3.05) is 72.7 Å². The molecule has 0 radical (unpaired) electrons. The number of aliphatic hydroxyl groups is 32. The van der Waals surface area contributed by atoms with Gasteiger partial charge in [-0.25, -0.2) is 4.79 Å². The third-order valence-electron chi connectivity index (χ3n) is 25.6. The fourth-order valence-electron chi connectivity index (χ4n) is 17.9. The maximum absolute atomic E-state index is 13.5. The van der Waals surface area contributed by atoms with Gasteiger partial charge in [0.05, 0.1) is 84.3 Å². The number of rotatable bonds is 38. The van der Waals surface area contributed by atoms with E-state index in [1.165, 1.54) is 6.92 Å². The zero-order valence-electron chi connectivity index (χ0n) is 74.6. The fourth-order valence-corrected chi connectivity index (χ4v) is 17.9. The van der Waals surface area contributed by atoms with Gasteiger partial charge in [0.2, 0.25) is 23.6 Å². The lowest BCUT2D eigenvalue weighted by Gasteiger charge is -2.52. The van der Waals surface area contributed by atoms with Gasteiger partial charge in [-0.2, -0.15) is 0 Å². The summed E-state index contributed by atoms with van der Waals surface area (Å²) in [5.74, 6) is -10.0. The van der Waals surface area contributed by atoms with Crippen molar-refractivity contribution in [3.8, 4) is 0 Å². The van der Waals surface area contributed by atoms with E-state index in [1.54, 1.807) is 0 Å². The molecule has 11 saturated heterocycles. The Hall–Kier alpha value is -4.77. The van der Waals surface area contributed by atoms with Crippen molar-refractivity contribution < 1.29 is 292 Å². The SMILES string of the molecule is CC(=O)N[C@@H]1[C@@H](O)[C@H](O[C@@H]2O[C@H](CO)[C@@H](O[C@@H]3O[C@H](CO[C@H]4O[C@H](CO[C@H]5O[C@H](CO)[C@@H](O)[C@H](O)[C@@H]5O)[C@@H](O)[C@H](O[C@H]5O[C@H](CO)[C@@H](O)[C@H](O)[C@@H]5O)[C@@H]4O)[C@@H](O)[C@H](O[C@H]4O[C@H](CO)[C@@H](O)[C@H](O)[C@@H]4O[C@@H]4O[C@H](CO)[C@@H](O)[C@H](O[C@@H]5O[C@H](CO)[C@H](O)[C@H](O[C@]6(C(=O)O)C[C@H](O)[C@@H](NC(=O)CO)[C@H]([C@H](O)[C@H](O)CO)O6)[C@H]5O)[C@H]4NC(C)=O)[C@@H]3O)[C@H](O)[C@H]2NC(C)=O)[C@@H](CO[C@@H]2O[C@@H](C)[C@@H](O)[C@@H](O)[C@@H]2O)O[C@H]1O. The first kappa shape index (κ1) is 116. The summed E-state index contributed by atoms with van der Waals surface area (Å²) in [6.07, 6.45) is -115. The molecule has 0 bridgehead atoms. The van der Waals surface area contributed by atoms with E-state index in [0.717, 1.165) is 20.8 Å². The highest BCUT2D eigenvalue weighted by Crippen LogP contribution is 2.43. The standard InChI is InChI=1S/C77H128N4O59/c1-17-37(96)48(107)52(111)69(123-17)122-16-31-59(46(105)34(66(117)124-31)78-18(2)90)133-67-35(79-19(3)91)47(106)58(28(12-88)130-67)134-73-56(115)63(45(104)30(132-73)15-121-71-55(114)62(136-72-54(113)50(109)40(99)24(8-84)127-72)44(103)29(131-71)14-120-70-53(112)49(108)39(98)23(7-83)126-70)137-75-65(51(110)41(100)25(9-85)129-75)138-68-36(80-20(4)92)60(42(101)26(10-86)125-68)135-74-57(116)64(43(102)27(11-87)128-74)140-77(76(118)119)5-21(93)33(81-32(95)13-89)61(139-77)38(97)22(94)6-82/h17,21-31,33-75,82-89,93-94,96-117H,5-16H2,1-4H3,(H,78,90)(H,79,91)(H,80,92)(H,81,95)(H,118,119)/t17-,21-,22+,23+,24+,25+,26+,27+,28+,29+,30+,31+,33+,34+,35+,36+,37+,38+,39+,40+,41+,42+,43-,44+,45+,46+,47+,48+,49-,50-,51-,52-,53-,54-,55-,56-,57+,58+,59+,60+,61+,62-,63-,64-,65-,66+,67-,68-,69+,70-,71-,72+,73-,74-,75+,77-/m0/s1. The molecular formula is C77H128N4O59. The highest BCUT2D eigenvalue weighted by atomic mass is 16.8. The Morgan fingerprint density at radius 3 is 1.19 bits per heavy atom. The van der Waals surface area contributed by atoms with Crippen molar-refractivity contribution in [3.63, 3.8) is 0 Å². The molecule has 37 N–H and O–H groups in total. The van der Waals surface area contributed by atoms with Crippen LogP contribution in [-0.4, -0.2) is 614 Å². The van der Waals surface area contributed by atoms with E-state index in [2.05, 4.69) is 16.0 Å². The summed E-state index contributed by atoms with van der Waals surface area (Å²) in [5.41, 5.74) is 0. The predicted octanol–water partition coefficient (Wildman–Crippen LogP) is -25.2. The molecule has 11 heterocycles. The molecule has 11 rings (SSSR count). The second-order valence-corrected chi connectivity index (χ2v) is 35.3. The topological polar surface area (TPSA) is 995 Å². The maximum atomic E-state index is 13.5. The van der Waals surface area contributed by atoms with Crippen LogP contribution in [0.4, 0.5) is 0 Å². The lowest BCUT2D eigenvalue weighted by Crippen LogP contribution is -2.72. The van der Waals surface area contributed by atoms with E-state index in [9.17, 15) is 192 Å². The summed E-state index contributed by atoms with van der Waals surface area (Å²) >= 11 is 0. The van der Waals surface area contributed by atoms with E-state index in [4.69, 9.17) is 99.5 Å². The van der Waals surface area contributed by atoms with Crippen LogP contribution in [0.15, 0.2) is 0 Å². The Kier molecular flexibility index (Phi) is 41.3. The van der Waals surface area contributed by atoms with Gasteiger partial charge in [-0.15, -0.1) is 0 Å². The van der Waals surface area contributed by atoms with Gasteiger partial charge >= 0.3 is 5.97 Å². The number of aliphatic hydroxyl groups excluding tert-OH is 32. The maximum Gasteiger partial charge on any atom is 0.364 e. The normalized spacial score (nSPS) is 48.6. The number of carbonyl (C=O) groups is 5. The average Bonchev–Trinajstić information content (AvgIpc) is 0.734. The van der Waals surface area contributed by atoms with Gasteiger partial charge < -0.3 is 289 Å². The van der Waals surface area contributed by atoms with Crippen LogP contribution in [0.5, 0.6) is 0 Å². The number of aliphatic carboxylic acids is 1. The van der Waals surface area contributed by atoms with Crippen molar-refractivity contribution in [2.24, 2.45) is 0 Å². The number of carbonyl (C=O) groups excluding carboxylic acids is 4. The van der Waals surface area contributed by atoms with Crippen LogP contribution < -0.4 is 21.3 Å². The molecular weight excluding hydrogens is 1920 g/mol. The number of hydrogen-bond acceptors (Lipinski definition) is 58. The van der Waals surface area contributed by atoms with Crippen LogP contribution in [0.3, 0.4) is 0 Å². The Morgan fingerprint density at radius 1 is 0.321 bits per heavy atom. The van der Waals surface area contributed by atoms with Crippen molar-refractivity contribution in [1.82, 2.24) is 21.3 Å². The van der Waals surface area contributed by atoms with E-state index >= 15 is 0 Å². The third kappa shape index (κ3) is 25.3. The third-order valence-corrected chi connectivity index (χ3v) is 25.6. The van der Waals surface area contributed by atoms with Crippen LogP contribution in [0.1, 0.15) is 34.1 Å². The molecule has 4 amide bonds. The molecule has 0 saturated carbocycles. The van der Waals surface area contributed by atoms with E-state index in [0.29, 0.717) is 0 Å². The van der Waals surface area contributed by atoms with Crippen LogP contribution >= 0.6 is 0 Å². The number of carboxylic acid groups (broad SMARTS) is 1. The molecule has 0 aromatic heterocycles. The lowest BCUT2D eigenvalue weighted by molar-refractivity contribution is -0.400. The first-order chi connectivity index (χ1) is 66.1. The zero-order valence-corrected chi connectivity index (χ0v) is 74.6. The molecule has 11 aliphatic rings. The Labute approximate surface area is 790 Å². The predicted molar refractivity (Wildman–Crippen MR) is 426 cm³/mol. The Balaban J connectivity index is 0.938. The molecule has 0 unspecified atom stereocenters. The minimum Gasteiger partial charge on any atom is -0.477 e. The molecule has 0 aromatic carbocycles. The number of ether oxygens (including phenoxy) is 21. The van der Waals surface area contributed by atoms with Crippen molar-refractivity contribution >= 4 is 29.6 Å². The minimum absolute atomic E-state index is 0.815. The number of hydrogen-bond donors (Lipinski definition) is 37. The van der Waals surface area contributed by atoms with Gasteiger partial charge in [0.15, 0.2) is 62.9 Å². The highest BCUT2D eigenvalue weighted by Gasteiger charge is 2.65. The fraction of sp³-hybridized carbons (Fsp3) is 0.935. The largest absolute Gasteiger partial charge is 0.477 e. The molecule has 140 heavy (non-hydrogen) atoms. The first-order valence-electron chi connectivity index (χ1n) is 44.3. The second kappa shape index (κ2) is 50.0. The van der Waals surface area contributed by atoms with Crippen molar-refractivity contribution in [1.29, 1.82) is 0 Å². The molecule has 0 aliphatic carbocycles. The Bertz CT molecular complexity index is 3890. The van der Waals surface area contributed by atoms with Crippen LogP contribution in [0.2, 0.25) is 0 Å².